The molecule has 0 amide bonds. The molecule has 0 atom stereocenters. The van der Waals surface area contributed by atoms with Gasteiger partial charge in [-0.3, -0.25) is 0 Å². The first-order chi connectivity index (χ1) is 10.3. The first-order valence-corrected chi connectivity index (χ1v) is 7.37. The molecule has 0 unspecified atom stereocenters. The number of fused-ring (bicyclic) bond motifs is 1. The lowest BCUT2D eigenvalue weighted by Crippen LogP contribution is -1.90. The average molecular weight is 291 g/mol. The summed E-state index contributed by atoms with van der Waals surface area (Å²) >= 11 is 1.53. The van der Waals surface area contributed by atoms with Gasteiger partial charge in [-0.1, -0.05) is 29.8 Å². The summed E-state index contributed by atoms with van der Waals surface area (Å²) in [6.07, 6.45) is 1.71. The van der Waals surface area contributed by atoms with Crippen LogP contribution in [0.15, 0.2) is 54.7 Å². The highest BCUT2D eigenvalue weighted by molar-refractivity contribution is 7.19. The minimum atomic E-state index is 0.539. The molecule has 3 rings (SSSR count). The maximum absolute atomic E-state index is 9.34. The van der Waals surface area contributed by atoms with Crippen LogP contribution in [-0.2, 0) is 0 Å². The second kappa shape index (κ2) is 5.78. The SMILES string of the molecule is Cc1ccc(N/C=C(\C#N)c2nc3ccccc3s2)cc1. The van der Waals surface area contributed by atoms with Gasteiger partial charge in [0, 0.05) is 11.9 Å². The summed E-state index contributed by atoms with van der Waals surface area (Å²) in [5.41, 5.74) is 3.62. The van der Waals surface area contributed by atoms with Crippen LogP contribution in [0.2, 0.25) is 0 Å². The topological polar surface area (TPSA) is 48.7 Å². The second-order valence-electron chi connectivity index (χ2n) is 4.67. The van der Waals surface area contributed by atoms with Crippen molar-refractivity contribution in [2.75, 3.05) is 5.32 Å². The van der Waals surface area contributed by atoms with Gasteiger partial charge in [0.05, 0.1) is 10.2 Å². The van der Waals surface area contributed by atoms with E-state index in [4.69, 9.17) is 0 Å². The Morgan fingerprint density at radius 1 is 1.19 bits per heavy atom. The number of hydrogen-bond acceptors (Lipinski definition) is 4. The lowest BCUT2D eigenvalue weighted by molar-refractivity contribution is 1.42. The highest BCUT2D eigenvalue weighted by atomic mass is 32.1. The van der Waals surface area contributed by atoms with E-state index in [1.165, 1.54) is 16.9 Å². The fourth-order valence-electron chi connectivity index (χ4n) is 1.93. The van der Waals surface area contributed by atoms with Gasteiger partial charge in [0.15, 0.2) is 0 Å². The first-order valence-electron chi connectivity index (χ1n) is 6.56. The van der Waals surface area contributed by atoms with Gasteiger partial charge >= 0.3 is 0 Å². The highest BCUT2D eigenvalue weighted by Gasteiger charge is 2.07. The third kappa shape index (κ3) is 2.93. The number of nitriles is 1. The van der Waals surface area contributed by atoms with Crippen molar-refractivity contribution in [3.63, 3.8) is 0 Å². The summed E-state index contributed by atoms with van der Waals surface area (Å²) in [4.78, 5) is 4.50. The predicted molar refractivity (Wildman–Crippen MR) is 88.0 cm³/mol. The van der Waals surface area contributed by atoms with Crippen molar-refractivity contribution in [3.05, 3.63) is 65.3 Å². The van der Waals surface area contributed by atoms with E-state index < -0.39 is 0 Å². The third-order valence-electron chi connectivity index (χ3n) is 3.08. The molecule has 0 aliphatic carbocycles. The molecule has 0 radical (unpaired) electrons. The van der Waals surface area contributed by atoms with Gasteiger partial charge in [-0.2, -0.15) is 5.26 Å². The second-order valence-corrected chi connectivity index (χ2v) is 5.70. The fourth-order valence-corrected chi connectivity index (χ4v) is 2.87. The Hall–Kier alpha value is -2.64. The van der Waals surface area contributed by atoms with Gasteiger partial charge in [-0.25, -0.2) is 4.98 Å². The Labute approximate surface area is 127 Å². The Bertz CT molecular complexity index is 805. The summed E-state index contributed by atoms with van der Waals surface area (Å²) < 4.78 is 1.09. The lowest BCUT2D eigenvalue weighted by atomic mass is 10.2. The van der Waals surface area contributed by atoms with E-state index in [9.17, 15) is 5.26 Å². The summed E-state index contributed by atoms with van der Waals surface area (Å²) in [5.74, 6) is 0. The molecule has 2 aromatic carbocycles. The molecule has 1 N–H and O–H groups in total. The van der Waals surface area contributed by atoms with E-state index >= 15 is 0 Å². The van der Waals surface area contributed by atoms with Gasteiger partial charge in [-0.05, 0) is 31.2 Å². The van der Waals surface area contributed by atoms with Crippen LogP contribution in [0.25, 0.3) is 15.8 Å². The van der Waals surface area contributed by atoms with Crippen LogP contribution >= 0.6 is 11.3 Å². The number of hydrogen-bond donors (Lipinski definition) is 1. The average Bonchev–Trinajstić information content (AvgIpc) is 2.93. The van der Waals surface area contributed by atoms with Gasteiger partial charge in [0.2, 0.25) is 0 Å². The van der Waals surface area contributed by atoms with Crippen molar-refractivity contribution in [2.24, 2.45) is 0 Å². The van der Waals surface area contributed by atoms with Gasteiger partial charge in [-0.15, -0.1) is 11.3 Å². The molecule has 1 heterocycles. The van der Waals surface area contributed by atoms with Crippen LogP contribution in [0.1, 0.15) is 10.6 Å². The molecule has 0 spiro atoms. The molecule has 0 fully saturated rings. The Balaban J connectivity index is 1.89. The molecule has 0 saturated heterocycles. The number of benzene rings is 2. The maximum Gasteiger partial charge on any atom is 0.136 e. The predicted octanol–water partition coefficient (Wildman–Crippen LogP) is 4.58. The molecule has 1 aromatic heterocycles. The number of para-hydroxylation sites is 1. The highest BCUT2D eigenvalue weighted by Crippen LogP contribution is 2.26. The molecule has 4 heteroatoms. The third-order valence-corrected chi connectivity index (χ3v) is 4.15. The molecule has 3 aromatic rings. The Morgan fingerprint density at radius 2 is 1.95 bits per heavy atom. The van der Waals surface area contributed by atoms with Crippen LogP contribution in [0.5, 0.6) is 0 Å². The summed E-state index contributed by atoms with van der Waals surface area (Å²) in [6, 6.07) is 18.1. The molecular weight excluding hydrogens is 278 g/mol. The number of rotatable bonds is 3. The minimum absolute atomic E-state index is 0.539. The van der Waals surface area contributed by atoms with Crippen molar-refractivity contribution < 1.29 is 0 Å². The van der Waals surface area contributed by atoms with Crippen molar-refractivity contribution >= 4 is 32.8 Å². The van der Waals surface area contributed by atoms with Crippen molar-refractivity contribution in [1.29, 1.82) is 5.26 Å². The Kier molecular flexibility index (Phi) is 3.67. The number of allylic oxidation sites excluding steroid dienone is 1. The van der Waals surface area contributed by atoms with E-state index in [0.29, 0.717) is 5.57 Å². The largest absolute Gasteiger partial charge is 0.360 e. The molecule has 0 bridgehead atoms. The van der Waals surface area contributed by atoms with Crippen molar-refractivity contribution in [2.45, 2.75) is 6.92 Å². The van der Waals surface area contributed by atoms with Crippen molar-refractivity contribution in [3.8, 4) is 6.07 Å². The van der Waals surface area contributed by atoms with Gasteiger partial charge < -0.3 is 5.32 Å². The van der Waals surface area contributed by atoms with E-state index in [2.05, 4.69) is 16.4 Å². The Morgan fingerprint density at radius 3 is 2.67 bits per heavy atom. The van der Waals surface area contributed by atoms with Crippen LogP contribution in [-0.4, -0.2) is 4.98 Å². The monoisotopic (exact) mass is 291 g/mol. The molecule has 0 aliphatic rings. The van der Waals surface area contributed by atoms with Crippen LogP contribution in [0.4, 0.5) is 5.69 Å². The molecule has 21 heavy (non-hydrogen) atoms. The van der Waals surface area contributed by atoms with Gasteiger partial charge in [0.1, 0.15) is 16.6 Å². The normalized spacial score (nSPS) is 11.3. The zero-order valence-electron chi connectivity index (χ0n) is 11.5. The molecule has 3 nitrogen and oxygen atoms in total. The number of aromatic nitrogens is 1. The van der Waals surface area contributed by atoms with E-state index in [0.717, 1.165) is 20.9 Å². The zero-order chi connectivity index (χ0) is 14.7. The molecular formula is C17H13N3S. The number of thiazole rings is 1. The van der Waals surface area contributed by atoms with E-state index in [1.807, 2.05) is 55.5 Å². The smallest absolute Gasteiger partial charge is 0.136 e. The fraction of sp³-hybridized carbons (Fsp3) is 0.0588. The van der Waals surface area contributed by atoms with E-state index in [-0.39, 0.29) is 0 Å². The van der Waals surface area contributed by atoms with E-state index in [1.54, 1.807) is 6.20 Å². The molecule has 0 saturated carbocycles. The number of nitrogens with zero attached hydrogens (tertiary/aromatic N) is 2. The maximum atomic E-state index is 9.34. The molecule has 102 valence electrons. The zero-order valence-corrected chi connectivity index (χ0v) is 12.3. The van der Waals surface area contributed by atoms with Gasteiger partial charge in [0.25, 0.3) is 0 Å². The molecule has 0 aliphatic heterocycles. The minimum Gasteiger partial charge on any atom is -0.360 e. The summed E-state index contributed by atoms with van der Waals surface area (Å²) in [7, 11) is 0. The van der Waals surface area contributed by atoms with Crippen LogP contribution in [0.3, 0.4) is 0 Å². The standard InChI is InChI=1S/C17H13N3S/c1-12-6-8-14(9-7-12)19-11-13(10-18)17-20-15-4-2-3-5-16(15)21-17/h2-9,11,19H,1H3/b13-11+. The van der Waals surface area contributed by atoms with Crippen molar-refractivity contribution in [1.82, 2.24) is 4.98 Å². The lowest BCUT2D eigenvalue weighted by Gasteiger charge is -2.01. The van der Waals surface area contributed by atoms with Crippen LogP contribution in [0, 0.1) is 18.3 Å². The number of anilines is 1. The number of aryl methyl sites for hydroxylation is 1. The first kappa shape index (κ1) is 13.3. The number of nitrogens with one attached hydrogen (secondary N) is 1. The van der Waals surface area contributed by atoms with Crippen LogP contribution < -0.4 is 5.32 Å². The quantitative estimate of drug-likeness (QED) is 0.718. The summed E-state index contributed by atoms with van der Waals surface area (Å²) in [6.45, 7) is 2.04. The summed E-state index contributed by atoms with van der Waals surface area (Å²) in [5, 5.41) is 13.2.